The minimum atomic E-state index is 0.0674. The predicted molar refractivity (Wildman–Crippen MR) is 56.7 cm³/mol. The molecular weight excluding hydrogens is 204 g/mol. The highest BCUT2D eigenvalue weighted by atomic mass is 35.5. The van der Waals surface area contributed by atoms with Crippen molar-refractivity contribution in [2.24, 2.45) is 0 Å². The molecular formula is C10H9ClOS. The lowest BCUT2D eigenvalue weighted by Crippen LogP contribution is -1.88. The molecule has 0 fully saturated rings. The van der Waals surface area contributed by atoms with E-state index in [0.717, 1.165) is 18.4 Å². The molecule has 0 aromatic carbocycles. The minimum absolute atomic E-state index is 0.0674. The molecule has 68 valence electrons. The molecule has 1 aromatic rings. The molecule has 1 aliphatic carbocycles. The van der Waals surface area contributed by atoms with Gasteiger partial charge in [-0.2, -0.15) is 0 Å². The summed E-state index contributed by atoms with van der Waals surface area (Å²) < 4.78 is 0. The van der Waals surface area contributed by atoms with E-state index in [1.807, 2.05) is 6.08 Å². The number of aryl methyl sites for hydroxylation is 1. The first kappa shape index (κ1) is 8.97. The van der Waals surface area contributed by atoms with Gasteiger partial charge < -0.3 is 0 Å². The highest BCUT2D eigenvalue weighted by Crippen LogP contribution is 2.37. The van der Waals surface area contributed by atoms with Crippen LogP contribution in [-0.2, 0) is 6.42 Å². The average molecular weight is 213 g/mol. The topological polar surface area (TPSA) is 17.1 Å². The number of Topliss-reactive ketones (excluding diaryl/α,β-unsaturated/α-hetero) is 1. The van der Waals surface area contributed by atoms with Gasteiger partial charge in [-0.3, -0.25) is 4.79 Å². The number of hydrogen-bond acceptors (Lipinski definition) is 2. The van der Waals surface area contributed by atoms with Crippen LogP contribution in [0.25, 0.3) is 6.08 Å². The second-order valence-corrected chi connectivity index (χ2v) is 4.56. The number of carbonyl (C=O) groups excluding carboxylic acids is 1. The summed E-state index contributed by atoms with van der Waals surface area (Å²) >= 11 is 7.61. The Labute approximate surface area is 86.0 Å². The highest BCUT2D eigenvalue weighted by molar-refractivity contribution is 7.15. The highest BCUT2D eigenvalue weighted by Gasteiger charge is 2.18. The first-order valence-electron chi connectivity index (χ1n) is 4.19. The average Bonchev–Trinajstić information content (AvgIpc) is 2.45. The summed E-state index contributed by atoms with van der Waals surface area (Å²) in [6, 6.07) is 0. The van der Waals surface area contributed by atoms with Crippen LogP contribution >= 0.6 is 22.9 Å². The summed E-state index contributed by atoms with van der Waals surface area (Å²) in [6.07, 6.45) is 6.19. The maximum absolute atomic E-state index is 11.2. The van der Waals surface area contributed by atoms with Crippen molar-refractivity contribution >= 4 is 34.8 Å². The number of hydrogen-bond donors (Lipinski definition) is 0. The molecule has 2 rings (SSSR count). The third-order valence-electron chi connectivity index (χ3n) is 2.10. The van der Waals surface area contributed by atoms with Crippen LogP contribution in [-0.4, -0.2) is 5.78 Å². The standard InChI is InChI=1S/C10H9ClOS/c1-6(12)10-9(11)7-4-2-3-5-8(7)13-10/h2,4H,3,5H2,1H3. The number of thiophene rings is 1. The number of fused-ring (bicyclic) bond motifs is 1. The van der Waals surface area contributed by atoms with Crippen LogP contribution in [0.5, 0.6) is 0 Å². The Morgan fingerprint density at radius 2 is 2.38 bits per heavy atom. The second-order valence-electron chi connectivity index (χ2n) is 3.08. The summed E-state index contributed by atoms with van der Waals surface area (Å²) in [6.45, 7) is 1.56. The molecule has 0 amide bonds. The van der Waals surface area contributed by atoms with Crippen LogP contribution in [0.2, 0.25) is 5.02 Å². The van der Waals surface area contributed by atoms with Crippen LogP contribution in [0.15, 0.2) is 6.08 Å². The smallest absolute Gasteiger partial charge is 0.171 e. The van der Waals surface area contributed by atoms with E-state index in [2.05, 4.69) is 6.08 Å². The van der Waals surface area contributed by atoms with Gasteiger partial charge in [0.15, 0.2) is 5.78 Å². The van der Waals surface area contributed by atoms with Gasteiger partial charge in [0.05, 0.1) is 9.90 Å². The minimum Gasteiger partial charge on any atom is -0.294 e. The van der Waals surface area contributed by atoms with Gasteiger partial charge in [0.25, 0.3) is 0 Å². The molecule has 1 aliphatic rings. The largest absolute Gasteiger partial charge is 0.294 e. The third-order valence-corrected chi connectivity index (χ3v) is 3.97. The molecule has 1 heterocycles. The number of carbonyl (C=O) groups is 1. The maximum atomic E-state index is 11.2. The van der Waals surface area contributed by atoms with Crippen molar-refractivity contribution in [3.8, 4) is 0 Å². The lowest BCUT2D eigenvalue weighted by molar-refractivity contribution is 0.102. The monoisotopic (exact) mass is 212 g/mol. The molecule has 0 radical (unpaired) electrons. The molecule has 0 bridgehead atoms. The molecule has 0 atom stereocenters. The number of allylic oxidation sites excluding steroid dienone is 1. The molecule has 1 aromatic heterocycles. The molecule has 0 spiro atoms. The summed E-state index contributed by atoms with van der Waals surface area (Å²) in [5.41, 5.74) is 1.06. The van der Waals surface area contributed by atoms with Crippen molar-refractivity contribution in [3.05, 3.63) is 26.4 Å². The third kappa shape index (κ3) is 1.45. The SMILES string of the molecule is CC(=O)c1sc2c(c1Cl)C=CCC2. The van der Waals surface area contributed by atoms with Gasteiger partial charge in [-0.1, -0.05) is 23.8 Å². The summed E-state index contributed by atoms with van der Waals surface area (Å²) in [4.78, 5) is 13.1. The fraction of sp³-hybridized carbons (Fsp3) is 0.300. The van der Waals surface area contributed by atoms with Crippen molar-refractivity contribution in [1.29, 1.82) is 0 Å². The molecule has 3 heteroatoms. The van der Waals surface area contributed by atoms with E-state index >= 15 is 0 Å². The Balaban J connectivity index is 2.58. The van der Waals surface area contributed by atoms with E-state index in [0.29, 0.717) is 9.90 Å². The van der Waals surface area contributed by atoms with Crippen molar-refractivity contribution in [2.75, 3.05) is 0 Å². The van der Waals surface area contributed by atoms with Crippen LogP contribution < -0.4 is 0 Å². The normalized spacial score (nSPS) is 14.3. The van der Waals surface area contributed by atoms with E-state index in [9.17, 15) is 4.79 Å². The molecule has 0 N–H and O–H groups in total. The first-order valence-corrected chi connectivity index (χ1v) is 5.38. The predicted octanol–water partition coefficient (Wildman–Crippen LogP) is 3.56. The Morgan fingerprint density at radius 1 is 1.62 bits per heavy atom. The fourth-order valence-electron chi connectivity index (χ4n) is 1.46. The number of rotatable bonds is 1. The van der Waals surface area contributed by atoms with Crippen LogP contribution in [0.1, 0.15) is 33.5 Å². The van der Waals surface area contributed by atoms with Gasteiger partial charge in [0.2, 0.25) is 0 Å². The van der Waals surface area contributed by atoms with E-state index in [4.69, 9.17) is 11.6 Å². The van der Waals surface area contributed by atoms with E-state index < -0.39 is 0 Å². The molecule has 13 heavy (non-hydrogen) atoms. The zero-order chi connectivity index (χ0) is 9.42. The quantitative estimate of drug-likeness (QED) is 0.651. The number of halogens is 1. The summed E-state index contributed by atoms with van der Waals surface area (Å²) in [5, 5.41) is 0.642. The lowest BCUT2D eigenvalue weighted by Gasteiger charge is -2.02. The maximum Gasteiger partial charge on any atom is 0.171 e. The number of ketones is 1. The summed E-state index contributed by atoms with van der Waals surface area (Å²) in [5.74, 6) is 0.0674. The Kier molecular flexibility index (Phi) is 2.26. The van der Waals surface area contributed by atoms with Gasteiger partial charge in [0, 0.05) is 17.4 Å². The van der Waals surface area contributed by atoms with E-state index in [1.54, 1.807) is 6.92 Å². The molecule has 0 saturated heterocycles. The van der Waals surface area contributed by atoms with Crippen LogP contribution in [0.3, 0.4) is 0 Å². The van der Waals surface area contributed by atoms with Crippen LogP contribution in [0.4, 0.5) is 0 Å². The first-order chi connectivity index (χ1) is 6.20. The fourth-order valence-corrected chi connectivity index (χ4v) is 3.03. The Bertz CT molecular complexity index is 390. The zero-order valence-electron chi connectivity index (χ0n) is 7.26. The van der Waals surface area contributed by atoms with Gasteiger partial charge in [-0.25, -0.2) is 0 Å². The molecule has 0 saturated carbocycles. The van der Waals surface area contributed by atoms with Crippen molar-refractivity contribution in [2.45, 2.75) is 19.8 Å². The Morgan fingerprint density at radius 3 is 3.00 bits per heavy atom. The van der Waals surface area contributed by atoms with Gasteiger partial charge in [0.1, 0.15) is 0 Å². The molecule has 1 nitrogen and oxygen atoms in total. The molecule has 0 unspecified atom stereocenters. The van der Waals surface area contributed by atoms with E-state index in [1.165, 1.54) is 16.2 Å². The van der Waals surface area contributed by atoms with Crippen LogP contribution in [0, 0.1) is 0 Å². The van der Waals surface area contributed by atoms with Gasteiger partial charge in [-0.15, -0.1) is 11.3 Å². The lowest BCUT2D eigenvalue weighted by atomic mass is 10.1. The van der Waals surface area contributed by atoms with Gasteiger partial charge in [-0.05, 0) is 12.8 Å². The van der Waals surface area contributed by atoms with Crippen molar-refractivity contribution in [1.82, 2.24) is 0 Å². The van der Waals surface area contributed by atoms with Gasteiger partial charge >= 0.3 is 0 Å². The van der Waals surface area contributed by atoms with Crippen molar-refractivity contribution in [3.63, 3.8) is 0 Å². The zero-order valence-corrected chi connectivity index (χ0v) is 8.84. The molecule has 0 aliphatic heterocycles. The van der Waals surface area contributed by atoms with Crippen molar-refractivity contribution < 1.29 is 4.79 Å². The second kappa shape index (κ2) is 3.28. The Hall–Kier alpha value is -0.600. The van der Waals surface area contributed by atoms with E-state index in [-0.39, 0.29) is 5.78 Å². The summed E-state index contributed by atoms with van der Waals surface area (Å²) in [7, 11) is 0.